The second-order valence-electron chi connectivity index (χ2n) is 5.03. The lowest BCUT2D eigenvalue weighted by molar-refractivity contribution is -0.0498. The summed E-state index contributed by atoms with van der Waals surface area (Å²) in [5.74, 6) is 0.936. The molecule has 3 rings (SSSR count). The van der Waals surface area contributed by atoms with Crippen LogP contribution in [0.3, 0.4) is 0 Å². The van der Waals surface area contributed by atoms with Crippen LogP contribution in [0.2, 0.25) is 0 Å². The number of hydrogen-bond acceptors (Lipinski definition) is 6. The van der Waals surface area contributed by atoms with Crippen LogP contribution in [-0.4, -0.2) is 54.8 Å². The molecule has 1 saturated heterocycles. The van der Waals surface area contributed by atoms with E-state index in [0.717, 1.165) is 0 Å². The molecule has 1 aliphatic rings. The minimum absolute atomic E-state index is 0.0273. The van der Waals surface area contributed by atoms with Crippen molar-refractivity contribution >= 4 is 15.8 Å². The van der Waals surface area contributed by atoms with Gasteiger partial charge in [-0.1, -0.05) is 12.1 Å². The number of anilines is 1. The Balaban J connectivity index is 1.77. The van der Waals surface area contributed by atoms with Crippen LogP contribution in [0.15, 0.2) is 24.3 Å². The fourth-order valence-electron chi connectivity index (χ4n) is 2.26. The molecule has 1 aromatic heterocycles. The molecule has 124 valence electrons. The Bertz CT molecular complexity index is 780. The van der Waals surface area contributed by atoms with Crippen molar-refractivity contribution in [2.75, 3.05) is 29.5 Å². The molecule has 23 heavy (non-hydrogen) atoms. The molecule has 0 amide bonds. The van der Waals surface area contributed by atoms with Crippen molar-refractivity contribution in [3.63, 3.8) is 0 Å². The summed E-state index contributed by atoms with van der Waals surface area (Å²) in [6.45, 7) is -2.24. The van der Waals surface area contributed by atoms with Gasteiger partial charge in [0, 0.05) is 18.7 Å². The average Bonchev–Trinajstić information content (AvgIpc) is 2.96. The van der Waals surface area contributed by atoms with Crippen LogP contribution in [0.1, 0.15) is 0 Å². The molecule has 1 aliphatic heterocycles. The monoisotopic (exact) mass is 344 g/mol. The first-order chi connectivity index (χ1) is 10.9. The van der Waals surface area contributed by atoms with E-state index in [2.05, 4.69) is 19.9 Å². The normalized spacial score (nSPS) is 17.4. The molecule has 2 heterocycles. The van der Waals surface area contributed by atoms with E-state index >= 15 is 0 Å². The molecule has 0 unspecified atom stereocenters. The Kier molecular flexibility index (Phi) is 4.16. The van der Waals surface area contributed by atoms with Crippen LogP contribution in [0.25, 0.3) is 11.4 Å². The maximum absolute atomic E-state index is 12.3. The number of hydrogen-bond donors (Lipinski definition) is 1. The van der Waals surface area contributed by atoms with Gasteiger partial charge in [0.15, 0.2) is 15.7 Å². The van der Waals surface area contributed by atoms with Crippen LogP contribution >= 0.6 is 0 Å². The van der Waals surface area contributed by atoms with Crippen molar-refractivity contribution < 1.29 is 21.9 Å². The van der Waals surface area contributed by atoms with Gasteiger partial charge in [-0.2, -0.15) is 13.8 Å². The zero-order chi connectivity index (χ0) is 16.4. The zero-order valence-electron chi connectivity index (χ0n) is 11.9. The van der Waals surface area contributed by atoms with E-state index in [1.807, 2.05) is 0 Å². The highest BCUT2D eigenvalue weighted by Crippen LogP contribution is 2.24. The fraction of sp³-hybridized carbons (Fsp3) is 0.385. The van der Waals surface area contributed by atoms with E-state index in [1.165, 1.54) is 12.1 Å². The van der Waals surface area contributed by atoms with Gasteiger partial charge < -0.3 is 9.64 Å². The highest BCUT2D eigenvalue weighted by atomic mass is 32.2. The molecule has 1 aromatic carbocycles. The van der Waals surface area contributed by atoms with E-state index in [-0.39, 0.29) is 17.3 Å². The van der Waals surface area contributed by atoms with Gasteiger partial charge in [0.05, 0.1) is 11.5 Å². The lowest BCUT2D eigenvalue weighted by atomic mass is 10.2. The number of nitrogens with one attached hydrogen (secondary N) is 1. The Morgan fingerprint density at radius 3 is 2.70 bits per heavy atom. The third-order valence-electron chi connectivity index (χ3n) is 3.43. The van der Waals surface area contributed by atoms with Crippen molar-refractivity contribution in [1.82, 2.24) is 15.2 Å². The SMILES string of the molecule is O=S1(=O)CCN(c2n[nH]c(-c3cccc(OC(F)F)c3)n2)CC1. The van der Waals surface area contributed by atoms with Gasteiger partial charge in [0.1, 0.15) is 5.75 Å². The number of aromatic amines is 1. The highest BCUT2D eigenvalue weighted by Gasteiger charge is 2.24. The quantitative estimate of drug-likeness (QED) is 0.900. The average molecular weight is 344 g/mol. The number of H-pyrrole nitrogens is 1. The van der Waals surface area contributed by atoms with E-state index in [9.17, 15) is 17.2 Å². The number of benzene rings is 1. The number of ether oxygens (including phenoxy) is 1. The first-order valence-corrected chi connectivity index (χ1v) is 8.68. The summed E-state index contributed by atoms with van der Waals surface area (Å²) in [4.78, 5) is 6.06. The minimum atomic E-state index is -2.98. The molecule has 7 nitrogen and oxygen atoms in total. The number of nitrogens with zero attached hydrogens (tertiary/aromatic N) is 3. The number of alkyl halides is 2. The predicted molar refractivity (Wildman–Crippen MR) is 79.3 cm³/mol. The van der Waals surface area contributed by atoms with E-state index in [4.69, 9.17) is 0 Å². The second kappa shape index (κ2) is 6.11. The number of sulfone groups is 1. The van der Waals surface area contributed by atoms with Gasteiger partial charge in [0.2, 0.25) is 5.95 Å². The van der Waals surface area contributed by atoms with Crippen molar-refractivity contribution in [1.29, 1.82) is 0 Å². The van der Waals surface area contributed by atoms with Gasteiger partial charge in [-0.25, -0.2) is 8.42 Å². The Morgan fingerprint density at radius 1 is 1.26 bits per heavy atom. The minimum Gasteiger partial charge on any atom is -0.435 e. The molecule has 0 atom stereocenters. The molecule has 1 N–H and O–H groups in total. The smallest absolute Gasteiger partial charge is 0.387 e. The van der Waals surface area contributed by atoms with Gasteiger partial charge >= 0.3 is 6.61 Å². The maximum atomic E-state index is 12.3. The Labute approximate surface area is 131 Å². The van der Waals surface area contributed by atoms with Gasteiger partial charge in [0.25, 0.3) is 0 Å². The summed E-state index contributed by atoms with van der Waals surface area (Å²) in [5, 5.41) is 6.79. The molecular formula is C13H14F2N4O3S. The first kappa shape index (κ1) is 15.7. The molecule has 10 heteroatoms. The first-order valence-electron chi connectivity index (χ1n) is 6.86. The van der Waals surface area contributed by atoms with Gasteiger partial charge in [-0.15, -0.1) is 5.10 Å². The van der Waals surface area contributed by atoms with Crippen molar-refractivity contribution in [3.8, 4) is 17.1 Å². The van der Waals surface area contributed by atoms with Gasteiger partial charge in [-0.05, 0) is 12.1 Å². The third kappa shape index (κ3) is 3.76. The molecule has 0 bridgehead atoms. The van der Waals surface area contributed by atoms with Gasteiger partial charge in [-0.3, -0.25) is 5.10 Å². The van der Waals surface area contributed by atoms with Crippen LogP contribution in [0.4, 0.5) is 14.7 Å². The highest BCUT2D eigenvalue weighted by molar-refractivity contribution is 7.91. The standard InChI is InChI=1S/C13H14F2N4O3S/c14-12(15)22-10-3-1-2-9(8-10)11-16-13(18-17-11)19-4-6-23(20,21)7-5-19/h1-3,8,12H,4-7H2,(H,16,17,18). The lowest BCUT2D eigenvalue weighted by Gasteiger charge is -2.25. The fourth-order valence-corrected chi connectivity index (χ4v) is 3.46. The third-order valence-corrected chi connectivity index (χ3v) is 5.04. The van der Waals surface area contributed by atoms with Crippen LogP contribution in [0, 0.1) is 0 Å². The van der Waals surface area contributed by atoms with E-state index in [1.54, 1.807) is 17.0 Å². The van der Waals surface area contributed by atoms with Crippen LogP contribution in [-0.2, 0) is 9.84 Å². The number of rotatable bonds is 4. The lowest BCUT2D eigenvalue weighted by Crippen LogP contribution is -2.40. The molecule has 0 spiro atoms. The molecule has 0 radical (unpaired) electrons. The summed E-state index contributed by atoms with van der Waals surface area (Å²) in [6.07, 6.45) is 0. The number of aromatic nitrogens is 3. The predicted octanol–water partition coefficient (Wildman–Crippen LogP) is 1.31. The topological polar surface area (TPSA) is 88.2 Å². The summed E-state index contributed by atoms with van der Waals surface area (Å²) in [6, 6.07) is 6.10. The Hall–Kier alpha value is -2.23. The Morgan fingerprint density at radius 2 is 2.00 bits per heavy atom. The molecule has 1 fully saturated rings. The van der Waals surface area contributed by atoms with Crippen LogP contribution < -0.4 is 9.64 Å². The summed E-state index contributed by atoms with van der Waals surface area (Å²) in [5.41, 5.74) is 0.548. The largest absolute Gasteiger partial charge is 0.435 e. The van der Waals surface area contributed by atoms with Crippen molar-refractivity contribution in [3.05, 3.63) is 24.3 Å². The van der Waals surface area contributed by atoms with E-state index in [0.29, 0.717) is 30.4 Å². The summed E-state index contributed by atoms with van der Waals surface area (Å²) >= 11 is 0. The zero-order valence-corrected chi connectivity index (χ0v) is 12.8. The summed E-state index contributed by atoms with van der Waals surface area (Å²) < 4.78 is 51.7. The second-order valence-corrected chi connectivity index (χ2v) is 7.33. The summed E-state index contributed by atoms with van der Waals surface area (Å²) in [7, 11) is -2.98. The molecule has 0 saturated carbocycles. The van der Waals surface area contributed by atoms with Crippen molar-refractivity contribution in [2.24, 2.45) is 0 Å². The molecular weight excluding hydrogens is 330 g/mol. The van der Waals surface area contributed by atoms with Crippen LogP contribution in [0.5, 0.6) is 5.75 Å². The molecule has 2 aromatic rings. The number of halogens is 2. The van der Waals surface area contributed by atoms with Crippen molar-refractivity contribution in [2.45, 2.75) is 6.61 Å². The molecule has 0 aliphatic carbocycles. The van der Waals surface area contributed by atoms with E-state index < -0.39 is 16.4 Å². The maximum Gasteiger partial charge on any atom is 0.387 e.